The topological polar surface area (TPSA) is 101 Å². The summed E-state index contributed by atoms with van der Waals surface area (Å²) >= 11 is 0. The van der Waals surface area contributed by atoms with Gasteiger partial charge in [0.25, 0.3) is 5.69 Å². The summed E-state index contributed by atoms with van der Waals surface area (Å²) in [5.74, 6) is -0.459. The van der Waals surface area contributed by atoms with Crippen LogP contribution in [-0.4, -0.2) is 54.6 Å². The van der Waals surface area contributed by atoms with Crippen LogP contribution in [-0.2, 0) is 21.0 Å². The number of nitrogens with zero attached hydrogens (tertiary/aromatic N) is 3. The van der Waals surface area contributed by atoms with Crippen LogP contribution in [0.3, 0.4) is 0 Å². The minimum Gasteiger partial charge on any atom is -0.337 e. The van der Waals surface area contributed by atoms with Crippen molar-refractivity contribution in [2.75, 3.05) is 26.2 Å². The monoisotopic (exact) mass is 469 g/mol. The SMILES string of the molecule is O=C(/C=C/c1ccccc1[N+](=O)[O-])N1CCN(S(=O)(=O)c2cccc(C(F)(F)F)c2)CC1. The molecule has 1 heterocycles. The fourth-order valence-electron chi connectivity index (χ4n) is 3.19. The van der Waals surface area contributed by atoms with E-state index in [1.165, 1.54) is 35.3 Å². The van der Waals surface area contributed by atoms with Gasteiger partial charge in [0.2, 0.25) is 15.9 Å². The Bertz CT molecular complexity index is 1160. The fraction of sp³-hybridized carbons (Fsp3) is 0.250. The second kappa shape index (κ2) is 9.09. The number of benzene rings is 2. The Labute approximate surface area is 181 Å². The van der Waals surface area contributed by atoms with E-state index >= 15 is 0 Å². The maximum atomic E-state index is 12.9. The van der Waals surface area contributed by atoms with Gasteiger partial charge in [0, 0.05) is 38.3 Å². The highest BCUT2D eigenvalue weighted by Gasteiger charge is 2.34. The molecule has 1 aliphatic heterocycles. The van der Waals surface area contributed by atoms with Crippen molar-refractivity contribution in [3.05, 3.63) is 75.8 Å². The van der Waals surface area contributed by atoms with E-state index in [9.17, 15) is 36.5 Å². The summed E-state index contributed by atoms with van der Waals surface area (Å²) in [7, 11) is -4.16. The molecular formula is C20H18F3N3O5S. The molecule has 2 aromatic carbocycles. The van der Waals surface area contributed by atoms with Gasteiger partial charge in [0.05, 0.1) is 20.9 Å². The van der Waals surface area contributed by atoms with Gasteiger partial charge in [0.15, 0.2) is 0 Å². The molecule has 1 aliphatic rings. The molecular weight excluding hydrogens is 451 g/mol. The number of halogens is 3. The van der Waals surface area contributed by atoms with Crippen molar-refractivity contribution in [2.45, 2.75) is 11.1 Å². The lowest BCUT2D eigenvalue weighted by atomic mass is 10.1. The van der Waals surface area contributed by atoms with E-state index in [1.54, 1.807) is 6.07 Å². The highest BCUT2D eigenvalue weighted by Crippen LogP contribution is 2.31. The van der Waals surface area contributed by atoms with E-state index in [2.05, 4.69) is 0 Å². The summed E-state index contributed by atoms with van der Waals surface area (Å²) in [6.07, 6.45) is -2.19. The van der Waals surface area contributed by atoms with Crippen LogP contribution in [0.15, 0.2) is 59.5 Å². The smallest absolute Gasteiger partial charge is 0.337 e. The van der Waals surface area contributed by atoms with E-state index < -0.39 is 37.5 Å². The third kappa shape index (κ3) is 5.14. The third-order valence-corrected chi connectivity index (χ3v) is 6.78. The van der Waals surface area contributed by atoms with Crippen molar-refractivity contribution in [3.8, 4) is 0 Å². The number of nitro groups is 1. The molecule has 8 nitrogen and oxygen atoms in total. The van der Waals surface area contributed by atoms with Gasteiger partial charge < -0.3 is 4.90 Å². The van der Waals surface area contributed by atoms with Crippen LogP contribution < -0.4 is 0 Å². The van der Waals surface area contributed by atoms with Crippen LogP contribution in [0.1, 0.15) is 11.1 Å². The van der Waals surface area contributed by atoms with E-state index in [1.807, 2.05) is 0 Å². The first-order valence-electron chi connectivity index (χ1n) is 9.38. The first kappa shape index (κ1) is 23.4. The molecule has 3 rings (SSSR count). The number of rotatable bonds is 5. The summed E-state index contributed by atoms with van der Waals surface area (Å²) in [6, 6.07) is 9.39. The van der Waals surface area contributed by atoms with Crippen LogP contribution in [0.25, 0.3) is 6.08 Å². The maximum Gasteiger partial charge on any atom is 0.416 e. The molecule has 0 spiro atoms. The lowest BCUT2D eigenvalue weighted by Gasteiger charge is -2.33. The summed E-state index contributed by atoms with van der Waals surface area (Å²) in [5, 5.41) is 11.0. The number of para-hydroxylation sites is 1. The predicted molar refractivity (Wildman–Crippen MR) is 109 cm³/mol. The highest BCUT2D eigenvalue weighted by atomic mass is 32.2. The van der Waals surface area contributed by atoms with Crippen molar-refractivity contribution in [1.82, 2.24) is 9.21 Å². The molecule has 2 aromatic rings. The molecule has 0 radical (unpaired) electrons. The Morgan fingerprint density at radius 3 is 2.31 bits per heavy atom. The van der Waals surface area contributed by atoms with Crippen molar-refractivity contribution in [1.29, 1.82) is 0 Å². The van der Waals surface area contributed by atoms with Gasteiger partial charge in [-0.15, -0.1) is 0 Å². The Kier molecular flexibility index (Phi) is 6.65. The third-order valence-electron chi connectivity index (χ3n) is 4.89. The lowest BCUT2D eigenvalue weighted by Crippen LogP contribution is -2.50. The van der Waals surface area contributed by atoms with E-state index in [4.69, 9.17) is 0 Å². The second-order valence-corrected chi connectivity index (χ2v) is 8.84. The van der Waals surface area contributed by atoms with Gasteiger partial charge in [0.1, 0.15) is 0 Å². The molecule has 32 heavy (non-hydrogen) atoms. The Balaban J connectivity index is 1.67. The first-order valence-corrected chi connectivity index (χ1v) is 10.8. The number of hydrogen-bond acceptors (Lipinski definition) is 5. The first-order chi connectivity index (χ1) is 15.0. The van der Waals surface area contributed by atoms with Crippen molar-refractivity contribution < 1.29 is 31.3 Å². The van der Waals surface area contributed by atoms with Gasteiger partial charge in [-0.1, -0.05) is 18.2 Å². The lowest BCUT2D eigenvalue weighted by molar-refractivity contribution is -0.385. The number of alkyl halides is 3. The fourth-order valence-corrected chi connectivity index (χ4v) is 4.66. The van der Waals surface area contributed by atoms with Gasteiger partial charge in [-0.2, -0.15) is 17.5 Å². The van der Waals surface area contributed by atoms with Gasteiger partial charge in [-0.25, -0.2) is 8.42 Å². The highest BCUT2D eigenvalue weighted by molar-refractivity contribution is 7.89. The van der Waals surface area contributed by atoms with E-state index in [-0.39, 0.29) is 37.4 Å². The molecule has 0 unspecified atom stereocenters. The molecule has 0 bridgehead atoms. The molecule has 1 amide bonds. The molecule has 1 fully saturated rings. The van der Waals surface area contributed by atoms with Crippen LogP contribution in [0.5, 0.6) is 0 Å². The minimum absolute atomic E-state index is 0.0260. The number of carbonyl (C=O) groups excluding carboxylic acids is 1. The predicted octanol–water partition coefficient (Wildman–Crippen LogP) is 3.16. The molecule has 0 aliphatic carbocycles. The van der Waals surface area contributed by atoms with Gasteiger partial charge in [-0.05, 0) is 30.3 Å². The maximum absolute atomic E-state index is 12.9. The molecule has 0 saturated carbocycles. The van der Waals surface area contributed by atoms with E-state index in [0.717, 1.165) is 22.5 Å². The van der Waals surface area contributed by atoms with Crippen molar-refractivity contribution in [2.24, 2.45) is 0 Å². The Hall–Kier alpha value is -3.25. The molecule has 12 heteroatoms. The number of nitro benzene ring substituents is 1. The zero-order chi connectivity index (χ0) is 23.5. The molecule has 170 valence electrons. The number of hydrogen-bond donors (Lipinski definition) is 0. The number of amides is 1. The summed E-state index contributed by atoms with van der Waals surface area (Å²) in [4.78, 5) is 23.8. The Morgan fingerprint density at radius 2 is 1.69 bits per heavy atom. The summed E-state index contributed by atoms with van der Waals surface area (Å²) in [5.41, 5.74) is -0.974. The average molecular weight is 469 g/mol. The van der Waals surface area contributed by atoms with Gasteiger partial charge >= 0.3 is 6.18 Å². The van der Waals surface area contributed by atoms with Crippen LogP contribution in [0, 0.1) is 10.1 Å². The average Bonchev–Trinajstić information content (AvgIpc) is 2.77. The standard InChI is InChI=1S/C20H18F3N3O5S/c21-20(22,23)16-5-3-6-17(14-16)32(30,31)25-12-10-24(11-13-25)19(27)9-8-15-4-1-2-7-18(15)26(28)29/h1-9,14H,10-13H2/b9-8+. The number of carbonyl (C=O) groups is 1. The summed E-state index contributed by atoms with van der Waals surface area (Å²) < 4.78 is 65.2. The zero-order valence-corrected chi connectivity index (χ0v) is 17.3. The van der Waals surface area contributed by atoms with Gasteiger partial charge in [-0.3, -0.25) is 14.9 Å². The van der Waals surface area contributed by atoms with Crippen LogP contribution in [0.2, 0.25) is 0 Å². The van der Waals surface area contributed by atoms with Crippen molar-refractivity contribution >= 4 is 27.7 Å². The molecule has 0 atom stereocenters. The van der Waals surface area contributed by atoms with E-state index in [0.29, 0.717) is 6.07 Å². The largest absolute Gasteiger partial charge is 0.416 e. The molecule has 0 aromatic heterocycles. The molecule has 1 saturated heterocycles. The molecule has 0 N–H and O–H groups in total. The summed E-state index contributed by atoms with van der Waals surface area (Å²) in [6.45, 7) is -0.135. The van der Waals surface area contributed by atoms with Crippen molar-refractivity contribution in [3.63, 3.8) is 0 Å². The Morgan fingerprint density at radius 1 is 1.03 bits per heavy atom. The quantitative estimate of drug-likeness (QED) is 0.380. The zero-order valence-electron chi connectivity index (χ0n) is 16.5. The normalized spacial score (nSPS) is 15.8. The minimum atomic E-state index is -4.67. The number of piperazine rings is 1. The second-order valence-electron chi connectivity index (χ2n) is 6.90. The van der Waals surface area contributed by atoms with Crippen LogP contribution >= 0.6 is 0 Å². The van der Waals surface area contributed by atoms with Crippen LogP contribution in [0.4, 0.5) is 18.9 Å². The number of sulfonamides is 1.